The SMILES string of the molecule is FC(F)Oc1ccc(C2=CC3(CCOC3)ON2)cc1OC1Cc2ccccc2C1. The van der Waals surface area contributed by atoms with E-state index in [2.05, 4.69) is 17.6 Å². The van der Waals surface area contributed by atoms with Gasteiger partial charge in [-0.1, -0.05) is 24.3 Å². The summed E-state index contributed by atoms with van der Waals surface area (Å²) < 4.78 is 42.0. The fourth-order valence-corrected chi connectivity index (χ4v) is 4.12. The van der Waals surface area contributed by atoms with Gasteiger partial charge in [-0.2, -0.15) is 8.78 Å². The van der Waals surface area contributed by atoms with Crippen LogP contribution in [0.4, 0.5) is 8.78 Å². The molecule has 0 amide bonds. The Bertz CT molecular complexity index is 915. The van der Waals surface area contributed by atoms with Crippen LogP contribution in [0.1, 0.15) is 23.1 Å². The van der Waals surface area contributed by atoms with Crippen molar-refractivity contribution in [3.63, 3.8) is 0 Å². The molecular formula is C22H21F2NO4. The van der Waals surface area contributed by atoms with Crippen LogP contribution in [-0.4, -0.2) is 31.5 Å². The van der Waals surface area contributed by atoms with Gasteiger partial charge in [0.05, 0.1) is 12.3 Å². The van der Waals surface area contributed by atoms with Gasteiger partial charge in [0.25, 0.3) is 0 Å². The van der Waals surface area contributed by atoms with Crippen LogP contribution in [0.3, 0.4) is 0 Å². The Balaban J connectivity index is 1.41. The highest BCUT2D eigenvalue weighted by molar-refractivity contribution is 5.68. The Morgan fingerprint density at radius 2 is 1.86 bits per heavy atom. The zero-order valence-corrected chi connectivity index (χ0v) is 15.7. The Labute approximate surface area is 167 Å². The minimum atomic E-state index is -2.92. The summed E-state index contributed by atoms with van der Waals surface area (Å²) in [5, 5.41) is 0. The van der Waals surface area contributed by atoms with E-state index < -0.39 is 12.2 Å². The van der Waals surface area contributed by atoms with Crippen molar-refractivity contribution in [2.45, 2.75) is 37.6 Å². The van der Waals surface area contributed by atoms with E-state index in [0.29, 0.717) is 19.0 Å². The first kappa shape index (κ1) is 18.4. The fourth-order valence-electron chi connectivity index (χ4n) is 4.12. The van der Waals surface area contributed by atoms with Crippen molar-refractivity contribution in [1.82, 2.24) is 5.48 Å². The van der Waals surface area contributed by atoms with Crippen molar-refractivity contribution < 1.29 is 27.8 Å². The normalized spacial score (nSPS) is 23.3. The van der Waals surface area contributed by atoms with E-state index in [1.807, 2.05) is 18.2 Å². The van der Waals surface area contributed by atoms with E-state index in [-0.39, 0.29) is 11.9 Å². The first-order valence-corrected chi connectivity index (χ1v) is 9.68. The second kappa shape index (κ2) is 7.31. The summed E-state index contributed by atoms with van der Waals surface area (Å²) in [6.07, 6.45) is 4.09. The molecule has 0 saturated carbocycles. The molecule has 7 heteroatoms. The van der Waals surface area contributed by atoms with Crippen LogP contribution < -0.4 is 15.0 Å². The number of rotatable bonds is 5. The second-order valence-electron chi connectivity index (χ2n) is 7.59. The molecule has 29 heavy (non-hydrogen) atoms. The summed E-state index contributed by atoms with van der Waals surface area (Å²) in [7, 11) is 0. The van der Waals surface area contributed by atoms with Crippen molar-refractivity contribution in [3.8, 4) is 11.5 Å². The van der Waals surface area contributed by atoms with Crippen molar-refractivity contribution in [2.75, 3.05) is 13.2 Å². The largest absolute Gasteiger partial charge is 0.486 e. The van der Waals surface area contributed by atoms with E-state index in [9.17, 15) is 8.78 Å². The standard InChI is InChI=1S/C22H21F2NO4/c23-21(24)28-19-6-5-16(18-12-22(29-25-18)7-8-26-13-22)11-20(19)27-17-9-14-3-1-2-4-15(14)10-17/h1-6,11-12,17,21,25H,7-10,13H2. The molecule has 5 nitrogen and oxygen atoms in total. The molecule has 1 saturated heterocycles. The molecule has 0 radical (unpaired) electrons. The second-order valence-corrected chi connectivity index (χ2v) is 7.59. The molecule has 0 aromatic heterocycles. The number of fused-ring (bicyclic) bond motifs is 1. The van der Waals surface area contributed by atoms with Gasteiger partial charge >= 0.3 is 6.61 Å². The van der Waals surface area contributed by atoms with Crippen molar-refractivity contribution in [2.24, 2.45) is 0 Å². The topological polar surface area (TPSA) is 49.0 Å². The Kier molecular flexibility index (Phi) is 4.64. The van der Waals surface area contributed by atoms with Crippen LogP contribution in [-0.2, 0) is 22.4 Å². The molecule has 2 heterocycles. The van der Waals surface area contributed by atoms with E-state index in [0.717, 1.165) is 30.5 Å². The van der Waals surface area contributed by atoms with E-state index in [4.69, 9.17) is 19.0 Å². The van der Waals surface area contributed by atoms with Crippen LogP contribution in [0.25, 0.3) is 5.70 Å². The fraction of sp³-hybridized carbons (Fsp3) is 0.364. The zero-order valence-electron chi connectivity index (χ0n) is 15.7. The molecule has 2 aromatic rings. The number of nitrogens with one attached hydrogen (secondary N) is 1. The maximum absolute atomic E-state index is 12.9. The number of alkyl halides is 2. The van der Waals surface area contributed by atoms with Gasteiger partial charge in [-0.05, 0) is 35.4 Å². The maximum atomic E-state index is 12.9. The molecule has 5 rings (SSSR count). The molecule has 1 aliphatic carbocycles. The van der Waals surface area contributed by atoms with Crippen LogP contribution in [0.2, 0.25) is 0 Å². The van der Waals surface area contributed by atoms with Gasteiger partial charge in [0.1, 0.15) is 11.7 Å². The Morgan fingerprint density at radius 1 is 1.07 bits per heavy atom. The van der Waals surface area contributed by atoms with Crippen molar-refractivity contribution in [1.29, 1.82) is 0 Å². The monoisotopic (exact) mass is 401 g/mol. The first-order chi connectivity index (χ1) is 14.1. The molecule has 1 unspecified atom stereocenters. The minimum Gasteiger partial charge on any atom is -0.486 e. The highest BCUT2D eigenvalue weighted by Gasteiger charge is 2.39. The molecule has 0 bridgehead atoms. The number of hydroxylamine groups is 1. The van der Waals surface area contributed by atoms with Crippen molar-refractivity contribution >= 4 is 5.70 Å². The van der Waals surface area contributed by atoms with Crippen LogP contribution in [0.5, 0.6) is 11.5 Å². The van der Waals surface area contributed by atoms with Gasteiger partial charge in [-0.3, -0.25) is 10.3 Å². The van der Waals surface area contributed by atoms with Gasteiger partial charge < -0.3 is 14.2 Å². The minimum absolute atomic E-state index is 0.0261. The summed E-state index contributed by atoms with van der Waals surface area (Å²) in [6.45, 7) is -1.79. The number of hydrogen-bond donors (Lipinski definition) is 1. The molecule has 3 aliphatic rings. The van der Waals surface area contributed by atoms with Gasteiger partial charge in [0.15, 0.2) is 11.5 Å². The van der Waals surface area contributed by atoms with Gasteiger partial charge in [-0.15, -0.1) is 0 Å². The van der Waals surface area contributed by atoms with Crippen LogP contribution >= 0.6 is 0 Å². The molecular weight excluding hydrogens is 380 g/mol. The summed E-state index contributed by atoms with van der Waals surface area (Å²) in [5.41, 5.74) is 6.46. The first-order valence-electron chi connectivity index (χ1n) is 9.68. The predicted molar refractivity (Wildman–Crippen MR) is 102 cm³/mol. The van der Waals surface area contributed by atoms with E-state index in [1.54, 1.807) is 12.1 Å². The number of hydrogen-bond acceptors (Lipinski definition) is 5. The van der Waals surface area contributed by atoms with Gasteiger partial charge in [-0.25, -0.2) is 0 Å². The number of halogens is 2. The summed E-state index contributed by atoms with van der Waals surface area (Å²) in [4.78, 5) is 5.72. The van der Waals surface area contributed by atoms with Crippen molar-refractivity contribution in [3.05, 3.63) is 65.2 Å². The highest BCUT2D eigenvalue weighted by Crippen LogP contribution is 2.38. The average Bonchev–Trinajstić information content (AvgIpc) is 3.43. The van der Waals surface area contributed by atoms with Gasteiger partial charge in [0.2, 0.25) is 0 Å². The highest BCUT2D eigenvalue weighted by atomic mass is 19.3. The quantitative estimate of drug-likeness (QED) is 0.824. The lowest BCUT2D eigenvalue weighted by molar-refractivity contribution is -0.0520. The summed E-state index contributed by atoms with van der Waals surface area (Å²) in [5.74, 6) is 0.324. The summed E-state index contributed by atoms with van der Waals surface area (Å²) in [6, 6.07) is 13.1. The molecule has 152 valence electrons. The van der Waals surface area contributed by atoms with E-state index >= 15 is 0 Å². The molecule has 1 N–H and O–H groups in total. The lowest BCUT2D eigenvalue weighted by Gasteiger charge is -2.18. The molecule has 2 aliphatic heterocycles. The number of benzene rings is 2. The molecule has 1 atom stereocenters. The lowest BCUT2D eigenvalue weighted by atomic mass is 10.0. The smallest absolute Gasteiger partial charge is 0.387 e. The van der Waals surface area contributed by atoms with E-state index in [1.165, 1.54) is 17.2 Å². The van der Waals surface area contributed by atoms with Crippen LogP contribution in [0, 0.1) is 0 Å². The molecule has 1 spiro atoms. The number of ether oxygens (including phenoxy) is 3. The zero-order chi connectivity index (χ0) is 19.8. The van der Waals surface area contributed by atoms with Crippen LogP contribution in [0.15, 0.2) is 48.5 Å². The maximum Gasteiger partial charge on any atom is 0.387 e. The third-order valence-corrected chi connectivity index (χ3v) is 5.57. The molecule has 1 fully saturated rings. The summed E-state index contributed by atoms with van der Waals surface area (Å²) >= 11 is 0. The Hall–Kier alpha value is -2.64. The van der Waals surface area contributed by atoms with Gasteiger partial charge in [0, 0.05) is 31.4 Å². The average molecular weight is 401 g/mol. The lowest BCUT2D eigenvalue weighted by Crippen LogP contribution is -2.29. The third-order valence-electron chi connectivity index (χ3n) is 5.57. The predicted octanol–water partition coefficient (Wildman–Crippen LogP) is 3.87. The molecule has 2 aromatic carbocycles. The Morgan fingerprint density at radius 3 is 2.55 bits per heavy atom. The third kappa shape index (κ3) is 3.68.